The van der Waals surface area contributed by atoms with Gasteiger partial charge in [0.25, 0.3) is 0 Å². The van der Waals surface area contributed by atoms with Crippen LogP contribution in [0.3, 0.4) is 0 Å². The van der Waals surface area contributed by atoms with Crippen molar-refractivity contribution in [3.05, 3.63) is 65.2 Å². The second-order valence-corrected chi connectivity index (χ2v) is 7.41. The van der Waals surface area contributed by atoms with Crippen molar-refractivity contribution in [3.8, 4) is 5.75 Å². The van der Waals surface area contributed by atoms with E-state index in [2.05, 4.69) is 0 Å². The molecule has 22 heavy (non-hydrogen) atoms. The molecule has 0 atom stereocenters. The van der Waals surface area contributed by atoms with Gasteiger partial charge in [-0.1, -0.05) is 12.1 Å². The fourth-order valence-corrected chi connectivity index (χ4v) is 4.94. The van der Waals surface area contributed by atoms with Gasteiger partial charge in [0, 0.05) is 17.6 Å². The van der Waals surface area contributed by atoms with Crippen molar-refractivity contribution in [2.45, 2.75) is 4.58 Å². The van der Waals surface area contributed by atoms with Crippen LogP contribution in [0.5, 0.6) is 5.75 Å². The molecular formula is C16H12F2O2S2. The maximum Gasteiger partial charge on any atom is 0.343 e. The van der Waals surface area contributed by atoms with Crippen LogP contribution in [0, 0.1) is 11.6 Å². The maximum absolute atomic E-state index is 13.1. The Morgan fingerprint density at radius 2 is 1.59 bits per heavy atom. The molecule has 3 rings (SSSR count). The lowest BCUT2D eigenvalue weighted by atomic mass is 10.2. The number of hydrogen-bond acceptors (Lipinski definition) is 4. The summed E-state index contributed by atoms with van der Waals surface area (Å²) < 4.78 is 31.8. The van der Waals surface area contributed by atoms with Crippen molar-refractivity contribution >= 4 is 29.5 Å². The van der Waals surface area contributed by atoms with Gasteiger partial charge in [-0.2, -0.15) is 0 Å². The highest BCUT2D eigenvalue weighted by Crippen LogP contribution is 2.45. The lowest BCUT2D eigenvalue weighted by molar-refractivity contribution is 0.0733. The molecule has 1 aliphatic heterocycles. The highest BCUT2D eigenvalue weighted by molar-refractivity contribution is 8.19. The van der Waals surface area contributed by atoms with Gasteiger partial charge in [0.05, 0.1) is 10.1 Å². The summed E-state index contributed by atoms with van der Waals surface area (Å²) in [6.45, 7) is 0. The zero-order chi connectivity index (χ0) is 15.5. The number of ether oxygens (including phenoxy) is 1. The third-order valence-corrected chi connectivity index (χ3v) is 6.19. The van der Waals surface area contributed by atoms with Gasteiger partial charge in [-0.3, -0.25) is 0 Å². The minimum Gasteiger partial charge on any atom is -0.423 e. The standard InChI is InChI=1S/C16H12F2O2S2/c17-12-7-11(8-13(18)9-12)15(19)20-14-3-1-10(2-4-14)16-21-5-6-22-16/h1-4,7-9,16H,5-6H2. The van der Waals surface area contributed by atoms with E-state index >= 15 is 0 Å². The summed E-state index contributed by atoms with van der Waals surface area (Å²) in [5.74, 6) is 0.228. The molecule has 1 saturated heterocycles. The molecule has 1 aliphatic rings. The Kier molecular flexibility index (Phi) is 4.69. The molecule has 0 saturated carbocycles. The lowest BCUT2D eigenvalue weighted by Gasteiger charge is -2.09. The largest absolute Gasteiger partial charge is 0.423 e. The van der Waals surface area contributed by atoms with Crippen molar-refractivity contribution in [2.75, 3.05) is 11.5 Å². The molecule has 1 heterocycles. The van der Waals surface area contributed by atoms with E-state index in [4.69, 9.17) is 4.74 Å². The Balaban J connectivity index is 1.70. The minimum atomic E-state index is -0.808. The first kappa shape index (κ1) is 15.4. The molecule has 6 heteroatoms. The molecule has 0 radical (unpaired) electrons. The zero-order valence-electron chi connectivity index (χ0n) is 11.4. The van der Waals surface area contributed by atoms with Crippen molar-refractivity contribution in [3.63, 3.8) is 0 Å². The molecule has 2 aromatic carbocycles. The summed E-state index contributed by atoms with van der Waals surface area (Å²) in [6.07, 6.45) is 0. The summed E-state index contributed by atoms with van der Waals surface area (Å²) in [5.41, 5.74) is 1.02. The van der Waals surface area contributed by atoms with Gasteiger partial charge in [-0.05, 0) is 29.8 Å². The summed E-state index contributed by atoms with van der Waals surface area (Å²) in [4.78, 5) is 11.9. The molecule has 0 N–H and O–H groups in total. The van der Waals surface area contributed by atoms with Crippen molar-refractivity contribution in [1.29, 1.82) is 0 Å². The molecule has 114 valence electrons. The van der Waals surface area contributed by atoms with Gasteiger partial charge in [0.1, 0.15) is 17.4 Å². The first-order valence-electron chi connectivity index (χ1n) is 6.63. The van der Waals surface area contributed by atoms with Crippen LogP contribution < -0.4 is 4.74 Å². The van der Waals surface area contributed by atoms with E-state index < -0.39 is 17.6 Å². The van der Waals surface area contributed by atoms with Gasteiger partial charge in [0.15, 0.2) is 0 Å². The van der Waals surface area contributed by atoms with E-state index in [0.29, 0.717) is 16.4 Å². The normalized spacial score (nSPS) is 15.0. The van der Waals surface area contributed by atoms with E-state index in [1.807, 2.05) is 35.7 Å². The number of halogens is 2. The van der Waals surface area contributed by atoms with Crippen molar-refractivity contribution in [2.24, 2.45) is 0 Å². The number of rotatable bonds is 3. The van der Waals surface area contributed by atoms with Crippen LogP contribution in [0.2, 0.25) is 0 Å². The minimum absolute atomic E-state index is 0.150. The Morgan fingerprint density at radius 3 is 2.18 bits per heavy atom. The van der Waals surface area contributed by atoms with Gasteiger partial charge in [-0.15, -0.1) is 23.5 Å². The number of esters is 1. The number of benzene rings is 2. The predicted molar refractivity (Wildman–Crippen MR) is 85.4 cm³/mol. The van der Waals surface area contributed by atoms with Crippen LogP contribution in [-0.4, -0.2) is 17.5 Å². The van der Waals surface area contributed by atoms with Gasteiger partial charge in [0.2, 0.25) is 0 Å². The quantitative estimate of drug-likeness (QED) is 0.600. The first-order valence-corrected chi connectivity index (χ1v) is 8.73. The second-order valence-electron chi connectivity index (χ2n) is 4.69. The molecular weight excluding hydrogens is 326 g/mol. The van der Waals surface area contributed by atoms with E-state index in [1.165, 1.54) is 5.56 Å². The summed E-state index contributed by atoms with van der Waals surface area (Å²) >= 11 is 3.77. The van der Waals surface area contributed by atoms with Crippen LogP contribution in [0.25, 0.3) is 0 Å². The van der Waals surface area contributed by atoms with Crippen LogP contribution >= 0.6 is 23.5 Å². The third-order valence-electron chi connectivity index (χ3n) is 3.08. The fourth-order valence-electron chi connectivity index (χ4n) is 2.08. The van der Waals surface area contributed by atoms with Crippen LogP contribution in [0.15, 0.2) is 42.5 Å². The number of thioether (sulfide) groups is 2. The highest BCUT2D eigenvalue weighted by atomic mass is 32.2. The molecule has 0 spiro atoms. The van der Waals surface area contributed by atoms with E-state index in [-0.39, 0.29) is 5.56 Å². The SMILES string of the molecule is O=C(Oc1ccc(C2SCCS2)cc1)c1cc(F)cc(F)c1. The Hall–Kier alpha value is -1.53. The van der Waals surface area contributed by atoms with E-state index in [1.54, 1.807) is 12.1 Å². The zero-order valence-corrected chi connectivity index (χ0v) is 13.1. The molecule has 1 fully saturated rings. The monoisotopic (exact) mass is 338 g/mol. The van der Waals surface area contributed by atoms with Crippen molar-refractivity contribution in [1.82, 2.24) is 0 Å². The summed E-state index contributed by atoms with van der Waals surface area (Å²) in [6, 6.07) is 9.82. The molecule has 0 amide bonds. The maximum atomic E-state index is 13.1. The lowest BCUT2D eigenvalue weighted by Crippen LogP contribution is -2.09. The average molecular weight is 338 g/mol. The molecule has 2 nitrogen and oxygen atoms in total. The number of carbonyl (C=O) groups is 1. The van der Waals surface area contributed by atoms with Gasteiger partial charge >= 0.3 is 5.97 Å². The topological polar surface area (TPSA) is 26.3 Å². The summed E-state index contributed by atoms with van der Waals surface area (Å²) in [5, 5.41) is 0. The van der Waals surface area contributed by atoms with Crippen LogP contribution in [-0.2, 0) is 0 Å². The highest BCUT2D eigenvalue weighted by Gasteiger charge is 2.18. The third kappa shape index (κ3) is 3.62. The smallest absolute Gasteiger partial charge is 0.343 e. The Labute approximate surface area is 135 Å². The second kappa shape index (κ2) is 6.71. The molecule has 0 unspecified atom stereocenters. The molecule has 0 bridgehead atoms. The van der Waals surface area contributed by atoms with E-state index in [9.17, 15) is 13.6 Å². The number of hydrogen-bond donors (Lipinski definition) is 0. The summed E-state index contributed by atoms with van der Waals surface area (Å²) in [7, 11) is 0. The average Bonchev–Trinajstić information content (AvgIpc) is 3.01. The molecule has 0 aliphatic carbocycles. The predicted octanol–water partition coefficient (Wildman–Crippen LogP) is 4.66. The number of carbonyl (C=O) groups excluding carboxylic acids is 1. The van der Waals surface area contributed by atoms with Gasteiger partial charge in [-0.25, -0.2) is 13.6 Å². The van der Waals surface area contributed by atoms with Crippen molar-refractivity contribution < 1.29 is 18.3 Å². The van der Waals surface area contributed by atoms with Crippen LogP contribution in [0.4, 0.5) is 8.78 Å². The Bertz CT molecular complexity index is 663. The van der Waals surface area contributed by atoms with Gasteiger partial charge < -0.3 is 4.74 Å². The van der Waals surface area contributed by atoms with Crippen LogP contribution in [0.1, 0.15) is 20.5 Å². The first-order chi connectivity index (χ1) is 10.6. The van der Waals surface area contributed by atoms with E-state index in [0.717, 1.165) is 23.6 Å². The molecule has 2 aromatic rings. The Morgan fingerprint density at radius 1 is 1.00 bits per heavy atom. The molecule has 0 aromatic heterocycles. The fraction of sp³-hybridized carbons (Fsp3) is 0.188.